The zero-order valence-electron chi connectivity index (χ0n) is 20.2. The number of nitrogens with zero attached hydrogens (tertiary/aromatic N) is 3. The van der Waals surface area contributed by atoms with Gasteiger partial charge >= 0.3 is 0 Å². The third-order valence-corrected chi connectivity index (χ3v) is 8.35. The molecule has 7 nitrogen and oxygen atoms in total. The molecule has 3 aliphatic rings. The van der Waals surface area contributed by atoms with Gasteiger partial charge in [-0.15, -0.1) is 0 Å². The van der Waals surface area contributed by atoms with Gasteiger partial charge in [-0.25, -0.2) is 0 Å². The molecule has 0 bridgehead atoms. The minimum atomic E-state index is -0.453. The minimum absolute atomic E-state index is 0.0193. The number of carbonyl (C=O) groups is 2. The molecule has 2 aliphatic heterocycles. The van der Waals surface area contributed by atoms with E-state index >= 15 is 0 Å². The number of nitro groups is 1. The molecule has 0 aromatic heterocycles. The Hall–Kier alpha value is -3.06. The SMILES string of the molecule is O=C(CCN1CCC2(CC1)CN(C(=O)c1ccc([N+](=O)[O-])cc1)c1ccccc12)C1CCCCC1. The van der Waals surface area contributed by atoms with E-state index in [0.717, 1.165) is 51.0 Å². The summed E-state index contributed by atoms with van der Waals surface area (Å²) >= 11 is 0. The maximum atomic E-state index is 13.4. The molecule has 0 unspecified atom stereocenters. The number of rotatable bonds is 6. The van der Waals surface area contributed by atoms with Gasteiger partial charge < -0.3 is 9.80 Å². The number of carbonyl (C=O) groups excluding carboxylic acids is 2. The normalized spacial score (nSPS) is 20.1. The van der Waals surface area contributed by atoms with E-state index in [1.54, 1.807) is 12.1 Å². The van der Waals surface area contributed by atoms with E-state index in [0.29, 0.717) is 24.3 Å². The lowest BCUT2D eigenvalue weighted by Crippen LogP contribution is -2.46. The minimum Gasteiger partial charge on any atom is -0.307 e. The number of piperidine rings is 1. The van der Waals surface area contributed by atoms with Crippen LogP contribution in [0.4, 0.5) is 11.4 Å². The van der Waals surface area contributed by atoms with Crippen LogP contribution < -0.4 is 4.90 Å². The molecule has 7 heteroatoms. The molecule has 1 saturated heterocycles. The highest BCUT2D eigenvalue weighted by Crippen LogP contribution is 2.47. The van der Waals surface area contributed by atoms with E-state index in [1.165, 1.54) is 37.0 Å². The van der Waals surface area contributed by atoms with Crippen LogP contribution >= 0.6 is 0 Å². The van der Waals surface area contributed by atoms with Crippen LogP contribution in [0.5, 0.6) is 0 Å². The fourth-order valence-electron chi connectivity index (χ4n) is 6.22. The maximum absolute atomic E-state index is 13.4. The van der Waals surface area contributed by atoms with E-state index in [4.69, 9.17) is 0 Å². The molecule has 0 radical (unpaired) electrons. The number of para-hydroxylation sites is 1. The molecule has 2 heterocycles. The lowest BCUT2D eigenvalue weighted by Gasteiger charge is -2.40. The fraction of sp³-hybridized carbons (Fsp3) is 0.500. The van der Waals surface area contributed by atoms with Gasteiger partial charge in [0.1, 0.15) is 5.78 Å². The molecule has 184 valence electrons. The Morgan fingerprint density at radius 1 is 0.971 bits per heavy atom. The van der Waals surface area contributed by atoms with E-state index in [9.17, 15) is 19.7 Å². The third kappa shape index (κ3) is 4.74. The second-order valence-corrected chi connectivity index (χ2v) is 10.4. The predicted molar refractivity (Wildman–Crippen MR) is 135 cm³/mol. The van der Waals surface area contributed by atoms with Gasteiger partial charge in [0.2, 0.25) is 0 Å². The van der Waals surface area contributed by atoms with Crippen molar-refractivity contribution < 1.29 is 14.5 Å². The Labute approximate surface area is 206 Å². The number of fused-ring (bicyclic) bond motifs is 2. The first-order valence-electron chi connectivity index (χ1n) is 12.9. The van der Waals surface area contributed by atoms with Crippen molar-refractivity contribution in [3.63, 3.8) is 0 Å². The summed E-state index contributed by atoms with van der Waals surface area (Å²) in [4.78, 5) is 40.9. The number of non-ortho nitro benzene ring substituents is 1. The van der Waals surface area contributed by atoms with Crippen LogP contribution in [-0.2, 0) is 10.2 Å². The topological polar surface area (TPSA) is 83.8 Å². The lowest BCUT2D eigenvalue weighted by molar-refractivity contribution is -0.384. The number of ketones is 1. The van der Waals surface area contributed by atoms with Gasteiger partial charge in [-0.3, -0.25) is 19.7 Å². The monoisotopic (exact) mass is 475 g/mol. The molecular weight excluding hydrogens is 442 g/mol. The summed E-state index contributed by atoms with van der Waals surface area (Å²) in [6.45, 7) is 3.30. The summed E-state index contributed by atoms with van der Waals surface area (Å²) < 4.78 is 0. The van der Waals surface area contributed by atoms with Crippen LogP contribution in [0.15, 0.2) is 48.5 Å². The van der Waals surface area contributed by atoms with Crippen LogP contribution in [-0.4, -0.2) is 47.7 Å². The molecule has 1 amide bonds. The Morgan fingerprint density at radius 3 is 2.34 bits per heavy atom. The van der Waals surface area contributed by atoms with Gasteiger partial charge in [-0.1, -0.05) is 37.5 Å². The van der Waals surface area contributed by atoms with Crippen molar-refractivity contribution in [1.82, 2.24) is 4.90 Å². The van der Waals surface area contributed by atoms with Crippen molar-refractivity contribution in [2.45, 2.75) is 56.8 Å². The van der Waals surface area contributed by atoms with Crippen LogP contribution in [0.3, 0.4) is 0 Å². The first-order chi connectivity index (χ1) is 17.0. The van der Waals surface area contributed by atoms with Crippen LogP contribution in [0.2, 0.25) is 0 Å². The highest BCUT2D eigenvalue weighted by Gasteiger charge is 2.46. The van der Waals surface area contributed by atoms with E-state index in [-0.39, 0.29) is 22.9 Å². The molecular formula is C28H33N3O4. The van der Waals surface area contributed by atoms with E-state index in [2.05, 4.69) is 11.0 Å². The Morgan fingerprint density at radius 2 is 1.66 bits per heavy atom. The molecule has 2 aromatic carbocycles. The summed E-state index contributed by atoms with van der Waals surface area (Å²) in [6, 6.07) is 14.0. The zero-order chi connectivity index (χ0) is 24.4. The van der Waals surface area contributed by atoms with Crippen molar-refractivity contribution in [3.05, 3.63) is 69.8 Å². The first-order valence-corrected chi connectivity index (χ1v) is 12.9. The van der Waals surface area contributed by atoms with Crippen molar-refractivity contribution in [2.24, 2.45) is 5.92 Å². The number of hydrogen-bond acceptors (Lipinski definition) is 5. The summed E-state index contributed by atoms with van der Waals surface area (Å²) in [5.41, 5.74) is 2.51. The number of likely N-dealkylation sites (tertiary alicyclic amines) is 1. The predicted octanol–water partition coefficient (Wildman–Crippen LogP) is 5.13. The summed E-state index contributed by atoms with van der Waals surface area (Å²) in [7, 11) is 0. The third-order valence-electron chi connectivity index (χ3n) is 8.35. The summed E-state index contributed by atoms with van der Waals surface area (Å²) in [5, 5.41) is 11.0. The molecule has 2 fully saturated rings. The quantitative estimate of drug-likeness (QED) is 0.427. The average molecular weight is 476 g/mol. The number of amides is 1. The van der Waals surface area contributed by atoms with Crippen LogP contribution in [0.25, 0.3) is 0 Å². The molecule has 2 aromatic rings. The van der Waals surface area contributed by atoms with E-state index < -0.39 is 4.92 Å². The van der Waals surface area contributed by atoms with Gasteiger partial charge in [0.05, 0.1) is 4.92 Å². The Balaban J connectivity index is 1.25. The fourth-order valence-corrected chi connectivity index (χ4v) is 6.22. The second kappa shape index (κ2) is 9.90. The van der Waals surface area contributed by atoms with Gasteiger partial charge in [0, 0.05) is 54.2 Å². The molecule has 35 heavy (non-hydrogen) atoms. The molecule has 1 spiro atoms. The van der Waals surface area contributed by atoms with Crippen molar-refractivity contribution in [3.8, 4) is 0 Å². The van der Waals surface area contributed by atoms with Gasteiger partial charge in [0.15, 0.2) is 0 Å². The molecule has 0 atom stereocenters. The van der Waals surface area contributed by atoms with Crippen LogP contribution in [0, 0.1) is 16.0 Å². The largest absolute Gasteiger partial charge is 0.307 e. The number of hydrogen-bond donors (Lipinski definition) is 0. The van der Waals surface area contributed by atoms with Crippen molar-refractivity contribution in [1.29, 1.82) is 0 Å². The number of benzene rings is 2. The van der Waals surface area contributed by atoms with Crippen LogP contribution in [0.1, 0.15) is 67.3 Å². The van der Waals surface area contributed by atoms with Gasteiger partial charge in [-0.05, 0) is 62.5 Å². The van der Waals surface area contributed by atoms with Gasteiger partial charge in [-0.2, -0.15) is 0 Å². The first kappa shape index (κ1) is 23.7. The van der Waals surface area contributed by atoms with Crippen molar-refractivity contribution >= 4 is 23.1 Å². The molecule has 1 aliphatic carbocycles. The Kier molecular flexibility index (Phi) is 6.69. The molecule has 5 rings (SSSR count). The average Bonchev–Trinajstić information content (AvgIpc) is 3.22. The number of nitro benzene ring substituents is 1. The second-order valence-electron chi connectivity index (χ2n) is 10.4. The number of anilines is 1. The summed E-state index contributed by atoms with van der Waals surface area (Å²) in [5.74, 6) is 0.599. The molecule has 1 saturated carbocycles. The van der Waals surface area contributed by atoms with Gasteiger partial charge in [0.25, 0.3) is 11.6 Å². The summed E-state index contributed by atoms with van der Waals surface area (Å²) in [6.07, 6.45) is 8.34. The van der Waals surface area contributed by atoms with E-state index in [1.807, 2.05) is 23.1 Å². The maximum Gasteiger partial charge on any atom is 0.269 e. The van der Waals surface area contributed by atoms with Crippen molar-refractivity contribution in [2.75, 3.05) is 31.1 Å². The molecule has 0 N–H and O–H groups in total. The highest BCUT2D eigenvalue weighted by molar-refractivity contribution is 6.07. The Bertz CT molecular complexity index is 1100. The highest BCUT2D eigenvalue weighted by atomic mass is 16.6. The standard InChI is InChI=1S/C28H33N3O4/c32-26(21-6-2-1-3-7-21)14-17-29-18-15-28(16-19-29)20-30(25-9-5-4-8-24(25)28)27(33)22-10-12-23(13-11-22)31(34)35/h4-5,8-13,21H,1-3,6-7,14-20H2. The smallest absolute Gasteiger partial charge is 0.269 e. The number of Topliss-reactive ketones (excluding diaryl/α,β-unsaturated/α-hetero) is 1. The zero-order valence-corrected chi connectivity index (χ0v) is 20.2. The lowest BCUT2D eigenvalue weighted by atomic mass is 9.74.